The highest BCUT2D eigenvalue weighted by atomic mass is 16.5. The van der Waals surface area contributed by atoms with Gasteiger partial charge in [-0.05, 0) is 13.0 Å². The molecule has 0 aliphatic rings. The lowest BCUT2D eigenvalue weighted by Crippen LogP contribution is -2.08. The SMILES string of the molecule is CCOC(=O)c1nn(-c2ccnc(OC)c2)cc1N. The molecule has 2 aromatic rings. The van der Waals surface area contributed by atoms with Crippen LogP contribution in [0.5, 0.6) is 5.88 Å². The van der Waals surface area contributed by atoms with E-state index in [1.165, 1.54) is 11.8 Å². The van der Waals surface area contributed by atoms with E-state index in [9.17, 15) is 4.79 Å². The molecule has 0 saturated heterocycles. The molecule has 0 bridgehead atoms. The summed E-state index contributed by atoms with van der Waals surface area (Å²) in [7, 11) is 1.52. The van der Waals surface area contributed by atoms with Crippen molar-refractivity contribution >= 4 is 11.7 Å². The van der Waals surface area contributed by atoms with Gasteiger partial charge in [0.2, 0.25) is 5.88 Å². The minimum absolute atomic E-state index is 0.0950. The molecular formula is C12H14N4O3. The average Bonchev–Trinajstić information content (AvgIpc) is 2.81. The Morgan fingerprint density at radius 1 is 1.53 bits per heavy atom. The van der Waals surface area contributed by atoms with Crippen molar-refractivity contribution in [2.45, 2.75) is 6.92 Å². The highest BCUT2D eigenvalue weighted by molar-refractivity contribution is 5.92. The number of esters is 1. The molecule has 0 unspecified atom stereocenters. The summed E-state index contributed by atoms with van der Waals surface area (Å²) in [6.45, 7) is 1.99. The molecule has 2 aromatic heterocycles. The Kier molecular flexibility index (Phi) is 3.65. The van der Waals surface area contributed by atoms with Crippen LogP contribution < -0.4 is 10.5 Å². The van der Waals surface area contributed by atoms with Crippen molar-refractivity contribution in [3.05, 3.63) is 30.2 Å². The van der Waals surface area contributed by atoms with Gasteiger partial charge in [0, 0.05) is 12.3 Å². The smallest absolute Gasteiger partial charge is 0.361 e. The van der Waals surface area contributed by atoms with Gasteiger partial charge in [0.1, 0.15) is 0 Å². The second kappa shape index (κ2) is 5.38. The third kappa shape index (κ3) is 2.65. The van der Waals surface area contributed by atoms with Crippen LogP contribution in [-0.2, 0) is 4.74 Å². The van der Waals surface area contributed by atoms with E-state index < -0.39 is 5.97 Å². The number of aromatic nitrogens is 3. The molecule has 7 heteroatoms. The Hall–Kier alpha value is -2.57. The van der Waals surface area contributed by atoms with Gasteiger partial charge < -0.3 is 15.2 Å². The van der Waals surface area contributed by atoms with Crippen LogP contribution in [0.4, 0.5) is 5.69 Å². The van der Waals surface area contributed by atoms with Crippen molar-refractivity contribution in [1.29, 1.82) is 0 Å². The topological polar surface area (TPSA) is 92.3 Å². The number of ether oxygens (including phenoxy) is 2. The highest BCUT2D eigenvalue weighted by Crippen LogP contribution is 2.17. The Morgan fingerprint density at radius 3 is 3.00 bits per heavy atom. The van der Waals surface area contributed by atoms with Crippen LogP contribution in [0.15, 0.2) is 24.5 Å². The molecule has 0 radical (unpaired) electrons. The van der Waals surface area contributed by atoms with Gasteiger partial charge in [-0.1, -0.05) is 0 Å². The van der Waals surface area contributed by atoms with E-state index in [1.54, 1.807) is 31.5 Å². The zero-order valence-corrected chi connectivity index (χ0v) is 10.7. The average molecular weight is 262 g/mol. The summed E-state index contributed by atoms with van der Waals surface area (Å²) >= 11 is 0. The molecule has 0 spiro atoms. The fraction of sp³-hybridized carbons (Fsp3) is 0.250. The maximum Gasteiger partial charge on any atom is 0.361 e. The lowest BCUT2D eigenvalue weighted by molar-refractivity contribution is 0.0520. The van der Waals surface area contributed by atoms with E-state index in [-0.39, 0.29) is 18.0 Å². The molecule has 100 valence electrons. The van der Waals surface area contributed by atoms with Gasteiger partial charge in [0.25, 0.3) is 0 Å². The molecular weight excluding hydrogens is 248 g/mol. The highest BCUT2D eigenvalue weighted by Gasteiger charge is 2.16. The summed E-state index contributed by atoms with van der Waals surface area (Å²) in [5.41, 5.74) is 6.79. The lowest BCUT2D eigenvalue weighted by Gasteiger charge is -2.03. The molecule has 19 heavy (non-hydrogen) atoms. The summed E-state index contributed by atoms with van der Waals surface area (Å²) in [4.78, 5) is 15.6. The van der Waals surface area contributed by atoms with Crippen LogP contribution in [0.1, 0.15) is 17.4 Å². The number of nitrogen functional groups attached to an aromatic ring is 1. The molecule has 2 heterocycles. The summed E-state index contributed by atoms with van der Waals surface area (Å²) in [6, 6.07) is 3.41. The number of anilines is 1. The molecule has 0 atom stereocenters. The number of hydrogen-bond donors (Lipinski definition) is 1. The van der Waals surface area contributed by atoms with Gasteiger partial charge in [-0.15, -0.1) is 0 Å². The molecule has 0 aliphatic heterocycles. The minimum Gasteiger partial charge on any atom is -0.481 e. The number of nitrogens with two attached hydrogens (primary N) is 1. The van der Waals surface area contributed by atoms with Crippen molar-refractivity contribution in [1.82, 2.24) is 14.8 Å². The first-order valence-electron chi connectivity index (χ1n) is 5.68. The predicted octanol–water partition coefficient (Wildman–Crippen LogP) is 1.03. The summed E-state index contributed by atoms with van der Waals surface area (Å²) in [5.74, 6) is -0.0935. The number of methoxy groups -OCH3 is 1. The largest absolute Gasteiger partial charge is 0.481 e. The fourth-order valence-corrected chi connectivity index (χ4v) is 1.53. The Bertz CT molecular complexity index is 594. The summed E-state index contributed by atoms with van der Waals surface area (Å²) in [6.07, 6.45) is 3.12. The van der Waals surface area contributed by atoms with Crippen LogP contribution >= 0.6 is 0 Å². The zero-order chi connectivity index (χ0) is 13.8. The van der Waals surface area contributed by atoms with Crippen molar-refractivity contribution in [2.24, 2.45) is 0 Å². The van der Waals surface area contributed by atoms with E-state index in [4.69, 9.17) is 15.2 Å². The van der Waals surface area contributed by atoms with Gasteiger partial charge in [0.15, 0.2) is 5.69 Å². The molecule has 7 nitrogen and oxygen atoms in total. The standard InChI is InChI=1S/C12H14N4O3/c1-3-19-12(17)11-9(13)7-16(15-11)8-4-5-14-10(6-8)18-2/h4-7H,3,13H2,1-2H3. The van der Waals surface area contributed by atoms with E-state index in [0.717, 1.165) is 0 Å². The van der Waals surface area contributed by atoms with Gasteiger partial charge in [-0.25, -0.2) is 14.5 Å². The first kappa shape index (κ1) is 12.9. The second-order valence-corrected chi connectivity index (χ2v) is 3.65. The third-order valence-electron chi connectivity index (χ3n) is 2.40. The van der Waals surface area contributed by atoms with Crippen LogP contribution in [0.3, 0.4) is 0 Å². The van der Waals surface area contributed by atoms with Crippen LogP contribution in [-0.4, -0.2) is 34.5 Å². The van der Waals surface area contributed by atoms with E-state index in [1.807, 2.05) is 0 Å². The zero-order valence-electron chi connectivity index (χ0n) is 10.7. The van der Waals surface area contributed by atoms with E-state index >= 15 is 0 Å². The third-order valence-corrected chi connectivity index (χ3v) is 2.40. The molecule has 2 N–H and O–H groups in total. The Morgan fingerprint density at radius 2 is 2.32 bits per heavy atom. The molecule has 0 amide bonds. The second-order valence-electron chi connectivity index (χ2n) is 3.65. The molecule has 0 saturated carbocycles. The first-order valence-corrected chi connectivity index (χ1v) is 5.68. The Labute approximate surface area is 110 Å². The summed E-state index contributed by atoms with van der Waals surface area (Å²) < 4.78 is 11.4. The number of rotatable bonds is 4. The number of pyridine rings is 1. The molecule has 2 rings (SSSR count). The van der Waals surface area contributed by atoms with Gasteiger partial charge in [0.05, 0.1) is 31.3 Å². The maximum absolute atomic E-state index is 11.6. The van der Waals surface area contributed by atoms with Gasteiger partial charge in [-0.2, -0.15) is 5.10 Å². The molecule has 0 aromatic carbocycles. The Balaban J connectivity index is 2.36. The quantitative estimate of drug-likeness (QED) is 0.827. The number of nitrogens with zero attached hydrogens (tertiary/aromatic N) is 3. The molecule has 0 aliphatic carbocycles. The van der Waals surface area contributed by atoms with Crippen molar-refractivity contribution in [3.63, 3.8) is 0 Å². The van der Waals surface area contributed by atoms with Crippen LogP contribution in [0, 0.1) is 0 Å². The van der Waals surface area contributed by atoms with Crippen LogP contribution in [0.25, 0.3) is 5.69 Å². The van der Waals surface area contributed by atoms with Crippen molar-refractivity contribution < 1.29 is 14.3 Å². The molecule has 0 fully saturated rings. The number of carbonyl (C=O) groups is 1. The predicted molar refractivity (Wildman–Crippen MR) is 68.3 cm³/mol. The van der Waals surface area contributed by atoms with Gasteiger partial charge in [-0.3, -0.25) is 0 Å². The summed E-state index contributed by atoms with van der Waals surface area (Å²) in [5, 5.41) is 4.11. The minimum atomic E-state index is -0.542. The normalized spacial score (nSPS) is 10.2. The van der Waals surface area contributed by atoms with Crippen molar-refractivity contribution in [3.8, 4) is 11.6 Å². The number of carbonyl (C=O) groups excluding carboxylic acids is 1. The van der Waals surface area contributed by atoms with Gasteiger partial charge >= 0.3 is 5.97 Å². The van der Waals surface area contributed by atoms with Crippen molar-refractivity contribution in [2.75, 3.05) is 19.5 Å². The maximum atomic E-state index is 11.6. The lowest BCUT2D eigenvalue weighted by atomic mass is 10.4. The van der Waals surface area contributed by atoms with Crippen LogP contribution in [0.2, 0.25) is 0 Å². The number of hydrogen-bond acceptors (Lipinski definition) is 6. The monoisotopic (exact) mass is 262 g/mol. The first-order chi connectivity index (χ1) is 9.15. The van der Waals surface area contributed by atoms with E-state index in [2.05, 4.69) is 10.1 Å². The fourth-order valence-electron chi connectivity index (χ4n) is 1.53. The van der Waals surface area contributed by atoms with E-state index in [0.29, 0.717) is 11.6 Å².